The molecule has 2 saturated heterocycles. The van der Waals surface area contributed by atoms with Gasteiger partial charge in [-0.3, -0.25) is 9.59 Å². The summed E-state index contributed by atoms with van der Waals surface area (Å²) in [4.78, 5) is 25.9. The van der Waals surface area contributed by atoms with Crippen molar-refractivity contribution in [3.63, 3.8) is 0 Å². The fourth-order valence-corrected chi connectivity index (χ4v) is 8.43. The van der Waals surface area contributed by atoms with Crippen molar-refractivity contribution in [2.75, 3.05) is 26.4 Å². The van der Waals surface area contributed by atoms with E-state index < -0.39 is 99.3 Å². The van der Waals surface area contributed by atoms with Crippen LogP contribution in [-0.4, -0.2) is 142 Å². The van der Waals surface area contributed by atoms with Gasteiger partial charge in [0, 0.05) is 12.8 Å². The Morgan fingerprint density at radius 2 is 0.789 bits per heavy atom. The molecule has 0 aromatic carbocycles. The number of aliphatic hydroxyl groups excluding tert-OH is 7. The molecule has 2 rings (SSSR count). The number of ether oxygens (including phenoxy) is 6. The number of allylic oxidation sites excluding steroid dienone is 16. The fraction of sp³-hybridized carbons (Fsp3) is 0.705. The number of unbranched alkanes of at least 4 members (excludes halogenated alkanes) is 14. The molecule has 15 heteroatoms. The van der Waals surface area contributed by atoms with Crippen molar-refractivity contribution < 1.29 is 73.8 Å². The SMILES string of the molecule is CC/C=C\C/C=C\C/C=C\C/C=C\CCCCCCCCCCC(=O)OC(COC(=O)CCCCCCCC/C=C\C/C=C\C/C=C\C/C=C\CC)COC1OC(COC2OC(CO)C(O)C(O)C2O)C(O)C(O)C1O. The van der Waals surface area contributed by atoms with Crippen LogP contribution in [0.15, 0.2) is 97.2 Å². The normalized spacial score (nSPS) is 25.1. The van der Waals surface area contributed by atoms with E-state index in [9.17, 15) is 45.3 Å². The van der Waals surface area contributed by atoms with Crippen molar-refractivity contribution in [1.29, 1.82) is 0 Å². The summed E-state index contributed by atoms with van der Waals surface area (Å²) >= 11 is 0. The lowest BCUT2D eigenvalue weighted by atomic mass is 9.98. The van der Waals surface area contributed by atoms with Crippen LogP contribution >= 0.6 is 0 Å². The highest BCUT2D eigenvalue weighted by molar-refractivity contribution is 5.70. The highest BCUT2D eigenvalue weighted by atomic mass is 16.7. The molecule has 15 nitrogen and oxygen atoms in total. The van der Waals surface area contributed by atoms with Crippen LogP contribution in [0.4, 0.5) is 0 Å². The van der Waals surface area contributed by atoms with Gasteiger partial charge >= 0.3 is 11.9 Å². The number of carbonyl (C=O) groups is 2. The van der Waals surface area contributed by atoms with Crippen LogP contribution in [0.5, 0.6) is 0 Å². The van der Waals surface area contributed by atoms with Gasteiger partial charge in [-0.15, -0.1) is 0 Å². The van der Waals surface area contributed by atoms with Crippen LogP contribution in [0.1, 0.15) is 181 Å². The topological polar surface area (TPSA) is 231 Å². The molecule has 2 fully saturated rings. The van der Waals surface area contributed by atoms with Crippen molar-refractivity contribution >= 4 is 11.9 Å². The van der Waals surface area contributed by atoms with E-state index in [-0.39, 0.29) is 19.4 Å². The van der Waals surface area contributed by atoms with E-state index in [1.807, 2.05) is 0 Å². The summed E-state index contributed by atoms with van der Waals surface area (Å²) in [5.74, 6) is -0.957. The van der Waals surface area contributed by atoms with Gasteiger partial charge in [-0.1, -0.05) is 175 Å². The van der Waals surface area contributed by atoms with Gasteiger partial charge in [0.05, 0.1) is 19.8 Å². The van der Waals surface area contributed by atoms with Gasteiger partial charge in [0.2, 0.25) is 0 Å². The molecule has 0 radical (unpaired) electrons. The van der Waals surface area contributed by atoms with E-state index in [2.05, 4.69) is 111 Å². The zero-order valence-corrected chi connectivity index (χ0v) is 46.2. The predicted octanol–water partition coefficient (Wildman–Crippen LogP) is 9.71. The quantitative estimate of drug-likeness (QED) is 0.0171. The Bertz CT molecular complexity index is 1690. The Kier molecular flexibility index (Phi) is 41.8. The molecule has 0 bridgehead atoms. The largest absolute Gasteiger partial charge is 0.462 e. The van der Waals surface area contributed by atoms with Crippen LogP contribution in [-0.2, 0) is 38.0 Å². The van der Waals surface area contributed by atoms with Gasteiger partial charge in [0.1, 0.15) is 55.4 Å². The van der Waals surface area contributed by atoms with E-state index in [0.29, 0.717) is 12.8 Å². The predicted molar refractivity (Wildman–Crippen MR) is 298 cm³/mol. The molecule has 11 atom stereocenters. The summed E-state index contributed by atoms with van der Waals surface area (Å²) in [6, 6.07) is 0. The first-order chi connectivity index (χ1) is 37.0. The molecule has 0 spiro atoms. The van der Waals surface area contributed by atoms with Crippen LogP contribution in [0.25, 0.3) is 0 Å². The van der Waals surface area contributed by atoms with Crippen LogP contribution in [0.2, 0.25) is 0 Å². The molecule has 7 N–H and O–H groups in total. The number of esters is 2. The molecule has 2 heterocycles. The van der Waals surface area contributed by atoms with Crippen molar-refractivity contribution in [2.45, 2.75) is 248 Å². The third kappa shape index (κ3) is 33.0. The lowest BCUT2D eigenvalue weighted by Gasteiger charge is -2.42. The number of hydrogen-bond donors (Lipinski definition) is 7. The molecule has 0 saturated carbocycles. The maximum Gasteiger partial charge on any atom is 0.306 e. The van der Waals surface area contributed by atoms with Gasteiger partial charge in [0.25, 0.3) is 0 Å². The minimum Gasteiger partial charge on any atom is -0.462 e. The van der Waals surface area contributed by atoms with E-state index in [0.717, 1.165) is 122 Å². The third-order valence-corrected chi connectivity index (χ3v) is 13.1. The molecule has 11 unspecified atom stereocenters. The molecule has 2 aliphatic heterocycles. The second kappa shape index (κ2) is 46.3. The Morgan fingerprint density at radius 1 is 0.421 bits per heavy atom. The molecular formula is C61H100O15. The van der Waals surface area contributed by atoms with Crippen LogP contribution in [0.3, 0.4) is 0 Å². The van der Waals surface area contributed by atoms with Gasteiger partial charge in [-0.2, -0.15) is 0 Å². The number of aliphatic hydroxyl groups is 7. The molecule has 0 aromatic heterocycles. The van der Waals surface area contributed by atoms with Crippen molar-refractivity contribution in [3.8, 4) is 0 Å². The van der Waals surface area contributed by atoms with E-state index in [4.69, 9.17) is 28.4 Å². The Hall–Kier alpha value is -3.58. The highest BCUT2D eigenvalue weighted by Gasteiger charge is 2.47. The highest BCUT2D eigenvalue weighted by Crippen LogP contribution is 2.26. The number of rotatable bonds is 44. The van der Waals surface area contributed by atoms with E-state index in [1.54, 1.807) is 0 Å². The van der Waals surface area contributed by atoms with E-state index >= 15 is 0 Å². The maximum absolute atomic E-state index is 13.1. The molecule has 0 aromatic rings. The average Bonchev–Trinajstić information content (AvgIpc) is 3.41. The second-order valence-corrected chi connectivity index (χ2v) is 19.7. The van der Waals surface area contributed by atoms with Crippen molar-refractivity contribution in [3.05, 3.63) is 97.2 Å². The van der Waals surface area contributed by atoms with Crippen molar-refractivity contribution in [1.82, 2.24) is 0 Å². The van der Waals surface area contributed by atoms with Gasteiger partial charge in [-0.05, 0) is 89.9 Å². The molecule has 0 aliphatic carbocycles. The van der Waals surface area contributed by atoms with Gasteiger partial charge in [0.15, 0.2) is 18.7 Å². The van der Waals surface area contributed by atoms with Crippen LogP contribution in [0, 0.1) is 0 Å². The molecule has 434 valence electrons. The van der Waals surface area contributed by atoms with Crippen LogP contribution < -0.4 is 0 Å². The summed E-state index contributed by atoms with van der Waals surface area (Å²) in [6.07, 6.45) is 42.7. The summed E-state index contributed by atoms with van der Waals surface area (Å²) in [5, 5.41) is 72.3. The van der Waals surface area contributed by atoms with Gasteiger partial charge < -0.3 is 64.2 Å². The minimum absolute atomic E-state index is 0.146. The molecular weight excluding hydrogens is 973 g/mol. The molecule has 0 amide bonds. The Balaban J connectivity index is 1.77. The molecule has 2 aliphatic rings. The smallest absolute Gasteiger partial charge is 0.306 e. The molecule has 76 heavy (non-hydrogen) atoms. The Labute approximate surface area is 456 Å². The zero-order valence-electron chi connectivity index (χ0n) is 46.2. The summed E-state index contributed by atoms with van der Waals surface area (Å²) in [6.45, 7) is 2.34. The zero-order chi connectivity index (χ0) is 55.3. The summed E-state index contributed by atoms with van der Waals surface area (Å²) < 4.78 is 33.7. The first kappa shape index (κ1) is 68.5. The summed E-state index contributed by atoms with van der Waals surface area (Å²) in [7, 11) is 0. The maximum atomic E-state index is 13.1. The Morgan fingerprint density at radius 3 is 1.24 bits per heavy atom. The summed E-state index contributed by atoms with van der Waals surface area (Å²) in [5.41, 5.74) is 0. The minimum atomic E-state index is -1.78. The number of carbonyl (C=O) groups excluding carboxylic acids is 2. The fourth-order valence-electron chi connectivity index (χ4n) is 8.43. The first-order valence-corrected chi connectivity index (χ1v) is 28.8. The van der Waals surface area contributed by atoms with Gasteiger partial charge in [-0.25, -0.2) is 0 Å². The monoisotopic (exact) mass is 1070 g/mol. The number of hydrogen-bond acceptors (Lipinski definition) is 15. The third-order valence-electron chi connectivity index (χ3n) is 13.1. The van der Waals surface area contributed by atoms with Crippen molar-refractivity contribution in [2.24, 2.45) is 0 Å². The average molecular weight is 1070 g/mol. The van der Waals surface area contributed by atoms with E-state index in [1.165, 1.54) is 19.3 Å². The second-order valence-electron chi connectivity index (χ2n) is 19.7. The first-order valence-electron chi connectivity index (χ1n) is 28.8. The standard InChI is InChI=1S/C61H100O15/c1-3-5-7-9-11-13-15-17-19-21-23-24-26-28-30-32-34-36-38-40-42-44-53(64)74-49(46-71-52(63)43-41-39-37-35-33-31-29-27-25-22-20-18-16-14-12-10-8-6-4-2)47-72-60-59(70)57(68)55(66)51(76-60)48-73-61-58(69)56(67)54(65)50(45-62)75-61/h5-8,11-14,17-20,23-25,27,49-51,54-62,65-70H,3-4,9-10,15-16,21-22,26,28-48H2,1-2H3/b7-5-,8-6-,13-11-,14-12-,19-17-,20-18-,24-23-,27-25-. The lowest BCUT2D eigenvalue weighted by molar-refractivity contribution is -0.332. The lowest BCUT2D eigenvalue weighted by Crippen LogP contribution is -2.61.